The molecule has 2 nitrogen and oxygen atoms in total. The molecule has 0 amide bonds. The molecule has 0 saturated heterocycles. The van der Waals surface area contributed by atoms with Gasteiger partial charge in [0.15, 0.2) is 0 Å². The molecule has 3 aromatic rings. The molecule has 0 unspecified atom stereocenters. The molecule has 0 N–H and O–H groups in total. The van der Waals surface area contributed by atoms with Crippen molar-refractivity contribution in [2.24, 2.45) is 0 Å². The Hall–Kier alpha value is -1.10. The summed E-state index contributed by atoms with van der Waals surface area (Å²) in [6.45, 7) is 2.14. The molecule has 1 aromatic carbocycles. The first-order valence-electron chi connectivity index (χ1n) is 5.95. The van der Waals surface area contributed by atoms with Crippen LogP contribution in [0.1, 0.15) is 11.8 Å². The molecular formula is C14H11ClN2S2. The van der Waals surface area contributed by atoms with Gasteiger partial charge >= 0.3 is 0 Å². The smallest absolute Gasteiger partial charge is 0.210 e. The van der Waals surface area contributed by atoms with E-state index in [2.05, 4.69) is 35.1 Å². The highest BCUT2D eigenvalue weighted by Crippen LogP contribution is 2.35. The van der Waals surface area contributed by atoms with E-state index < -0.39 is 0 Å². The minimum Gasteiger partial charge on any atom is -0.210 e. The van der Waals surface area contributed by atoms with Gasteiger partial charge in [0.25, 0.3) is 0 Å². The number of benzene rings is 1. The predicted molar refractivity (Wildman–Crippen MR) is 82.4 cm³/mol. The molecule has 0 aliphatic heterocycles. The number of aryl methyl sites for hydroxylation is 1. The van der Waals surface area contributed by atoms with Crippen LogP contribution in [0.5, 0.6) is 0 Å². The standard InChI is InChI=1S/C14H11ClN2S2/c1-2-9-8-11-12(18-9)16-14(15)17-13(11)19-10-6-4-3-5-7-10/h3-8H,2H2,1H3. The Morgan fingerprint density at radius 3 is 2.74 bits per heavy atom. The second kappa shape index (κ2) is 5.49. The zero-order valence-electron chi connectivity index (χ0n) is 10.3. The highest BCUT2D eigenvalue weighted by atomic mass is 35.5. The van der Waals surface area contributed by atoms with E-state index in [-0.39, 0.29) is 0 Å². The molecule has 0 radical (unpaired) electrons. The molecule has 3 rings (SSSR count). The summed E-state index contributed by atoms with van der Waals surface area (Å²) in [6, 6.07) is 12.4. The summed E-state index contributed by atoms with van der Waals surface area (Å²) in [5.74, 6) is 0. The summed E-state index contributed by atoms with van der Waals surface area (Å²) in [5.41, 5.74) is 0. The van der Waals surface area contributed by atoms with Crippen molar-refractivity contribution in [1.29, 1.82) is 0 Å². The van der Waals surface area contributed by atoms with Crippen LogP contribution in [0.4, 0.5) is 0 Å². The fraction of sp³-hybridized carbons (Fsp3) is 0.143. The van der Waals surface area contributed by atoms with Crippen molar-refractivity contribution in [2.75, 3.05) is 0 Å². The first-order valence-corrected chi connectivity index (χ1v) is 7.96. The van der Waals surface area contributed by atoms with E-state index in [4.69, 9.17) is 11.6 Å². The fourth-order valence-electron chi connectivity index (χ4n) is 1.77. The minimum absolute atomic E-state index is 0.315. The monoisotopic (exact) mass is 306 g/mol. The second-order valence-electron chi connectivity index (χ2n) is 4.00. The largest absolute Gasteiger partial charge is 0.224 e. The van der Waals surface area contributed by atoms with Crippen molar-refractivity contribution in [2.45, 2.75) is 23.3 Å². The third kappa shape index (κ3) is 2.76. The summed E-state index contributed by atoms with van der Waals surface area (Å²) in [4.78, 5) is 12.1. The average Bonchev–Trinajstić information content (AvgIpc) is 2.83. The number of halogens is 1. The fourth-order valence-corrected chi connectivity index (χ4v) is 3.99. The molecule has 5 heteroatoms. The van der Waals surface area contributed by atoms with Crippen LogP contribution in [0.15, 0.2) is 46.3 Å². The lowest BCUT2D eigenvalue weighted by molar-refractivity contribution is 1.11. The van der Waals surface area contributed by atoms with E-state index in [0.717, 1.165) is 26.6 Å². The van der Waals surface area contributed by atoms with Crippen LogP contribution >= 0.6 is 34.7 Å². The van der Waals surface area contributed by atoms with Crippen LogP contribution in [0.25, 0.3) is 10.2 Å². The van der Waals surface area contributed by atoms with Crippen LogP contribution in [0.3, 0.4) is 0 Å². The van der Waals surface area contributed by atoms with Gasteiger partial charge in [-0.1, -0.05) is 36.9 Å². The maximum absolute atomic E-state index is 6.01. The van der Waals surface area contributed by atoms with Crippen molar-refractivity contribution in [3.05, 3.63) is 46.6 Å². The molecule has 0 bridgehead atoms. The molecule has 19 heavy (non-hydrogen) atoms. The Bertz CT molecular complexity index is 710. The van der Waals surface area contributed by atoms with Crippen molar-refractivity contribution in [1.82, 2.24) is 9.97 Å². The Morgan fingerprint density at radius 1 is 1.21 bits per heavy atom. The summed E-state index contributed by atoms with van der Waals surface area (Å²) in [5, 5.41) is 2.34. The third-order valence-electron chi connectivity index (χ3n) is 2.69. The summed E-state index contributed by atoms with van der Waals surface area (Å²) in [7, 11) is 0. The van der Waals surface area contributed by atoms with Crippen molar-refractivity contribution < 1.29 is 0 Å². The highest BCUT2D eigenvalue weighted by Gasteiger charge is 2.11. The van der Waals surface area contributed by atoms with E-state index in [1.807, 2.05) is 18.2 Å². The predicted octanol–water partition coefficient (Wildman–Crippen LogP) is 5.06. The molecule has 0 fully saturated rings. The number of hydrogen-bond acceptors (Lipinski definition) is 4. The van der Waals surface area contributed by atoms with Gasteiger partial charge in [-0.15, -0.1) is 11.3 Å². The number of fused-ring (bicyclic) bond motifs is 1. The van der Waals surface area contributed by atoms with Crippen LogP contribution in [0, 0.1) is 0 Å². The maximum atomic E-state index is 6.01. The molecular weight excluding hydrogens is 296 g/mol. The SMILES string of the molecule is CCc1cc2c(Sc3ccccc3)nc(Cl)nc2s1. The van der Waals surface area contributed by atoms with Crippen LogP contribution in [-0.4, -0.2) is 9.97 Å². The third-order valence-corrected chi connectivity index (χ3v) is 5.04. The Morgan fingerprint density at radius 2 is 2.00 bits per heavy atom. The summed E-state index contributed by atoms with van der Waals surface area (Å²) >= 11 is 9.33. The van der Waals surface area contributed by atoms with E-state index in [1.54, 1.807) is 23.1 Å². The average molecular weight is 307 g/mol. The minimum atomic E-state index is 0.315. The van der Waals surface area contributed by atoms with E-state index >= 15 is 0 Å². The van der Waals surface area contributed by atoms with Crippen LogP contribution in [0.2, 0.25) is 5.28 Å². The number of hydrogen-bond donors (Lipinski definition) is 0. The van der Waals surface area contributed by atoms with Crippen molar-refractivity contribution in [3.8, 4) is 0 Å². The van der Waals surface area contributed by atoms with Gasteiger partial charge in [0.05, 0.1) is 0 Å². The van der Waals surface area contributed by atoms with Gasteiger partial charge in [0.2, 0.25) is 5.28 Å². The number of thiophene rings is 1. The second-order valence-corrected chi connectivity index (χ2v) is 6.51. The Labute approximate surface area is 124 Å². The van der Waals surface area contributed by atoms with Gasteiger partial charge in [-0.25, -0.2) is 9.97 Å². The molecule has 0 spiro atoms. The Kier molecular flexibility index (Phi) is 3.73. The maximum Gasteiger partial charge on any atom is 0.224 e. The molecule has 0 saturated carbocycles. The quantitative estimate of drug-likeness (QED) is 0.500. The zero-order chi connectivity index (χ0) is 13.2. The first kappa shape index (κ1) is 12.9. The van der Waals surface area contributed by atoms with Crippen LogP contribution in [-0.2, 0) is 6.42 Å². The normalized spacial score (nSPS) is 11.1. The van der Waals surface area contributed by atoms with Crippen molar-refractivity contribution in [3.63, 3.8) is 0 Å². The van der Waals surface area contributed by atoms with Crippen molar-refractivity contribution >= 4 is 44.9 Å². The number of aromatic nitrogens is 2. The molecule has 0 aliphatic carbocycles. The van der Waals surface area contributed by atoms with Gasteiger partial charge in [0.1, 0.15) is 9.86 Å². The lowest BCUT2D eigenvalue weighted by Gasteiger charge is -2.02. The lowest BCUT2D eigenvalue weighted by Crippen LogP contribution is -1.86. The zero-order valence-corrected chi connectivity index (χ0v) is 12.6. The topological polar surface area (TPSA) is 25.8 Å². The number of rotatable bonds is 3. The van der Waals surface area contributed by atoms with E-state index in [0.29, 0.717) is 5.28 Å². The lowest BCUT2D eigenvalue weighted by atomic mass is 10.3. The highest BCUT2D eigenvalue weighted by molar-refractivity contribution is 7.99. The van der Waals surface area contributed by atoms with E-state index in [9.17, 15) is 0 Å². The van der Waals surface area contributed by atoms with Gasteiger partial charge < -0.3 is 0 Å². The molecule has 0 aliphatic rings. The van der Waals surface area contributed by atoms with Gasteiger partial charge in [-0.05, 0) is 36.2 Å². The van der Waals surface area contributed by atoms with Gasteiger partial charge in [0, 0.05) is 15.2 Å². The van der Waals surface area contributed by atoms with Gasteiger partial charge in [-0.3, -0.25) is 0 Å². The molecule has 2 heterocycles. The van der Waals surface area contributed by atoms with Gasteiger partial charge in [-0.2, -0.15) is 0 Å². The molecule has 96 valence electrons. The Balaban J connectivity index is 2.09. The van der Waals surface area contributed by atoms with Crippen LogP contribution < -0.4 is 0 Å². The van der Waals surface area contributed by atoms with E-state index in [1.165, 1.54) is 4.88 Å². The first-order chi connectivity index (χ1) is 9.26. The molecule has 2 aromatic heterocycles. The summed E-state index contributed by atoms with van der Waals surface area (Å²) < 4.78 is 0. The molecule has 0 atom stereocenters. The number of nitrogens with zero attached hydrogens (tertiary/aromatic N) is 2. The summed E-state index contributed by atoms with van der Waals surface area (Å²) in [6.07, 6.45) is 1.01.